The first-order valence-electron chi connectivity index (χ1n) is 7.67. The van der Waals surface area contributed by atoms with Gasteiger partial charge in [-0.1, -0.05) is 19.1 Å². The van der Waals surface area contributed by atoms with Gasteiger partial charge in [0.2, 0.25) is 0 Å². The molecule has 0 heterocycles. The minimum atomic E-state index is 0.226. The average molecular weight is 278 g/mol. The molecule has 0 saturated carbocycles. The summed E-state index contributed by atoms with van der Waals surface area (Å²) in [6, 6.07) is 8.93. The molecule has 114 valence electrons. The highest BCUT2D eigenvalue weighted by molar-refractivity contribution is 5.29. The van der Waals surface area contributed by atoms with E-state index in [2.05, 4.69) is 69.3 Å². The van der Waals surface area contributed by atoms with E-state index in [0.717, 1.165) is 31.7 Å². The fraction of sp³-hybridized carbons (Fsp3) is 0.647. The maximum Gasteiger partial charge on any atom is 0.119 e. The summed E-state index contributed by atoms with van der Waals surface area (Å²) >= 11 is 0. The standard InChI is InChI=1S/C17H30N2O/c1-6-12-18-17(11-13-19(4)5)15-7-9-16(10-8-15)20-14(2)3/h7-10,14,17-18H,6,11-13H2,1-5H3. The van der Waals surface area contributed by atoms with Crippen molar-refractivity contribution in [1.82, 2.24) is 10.2 Å². The van der Waals surface area contributed by atoms with Gasteiger partial charge in [0.25, 0.3) is 0 Å². The number of benzene rings is 1. The highest BCUT2D eigenvalue weighted by atomic mass is 16.5. The Hall–Kier alpha value is -1.06. The van der Waals surface area contributed by atoms with Crippen molar-refractivity contribution in [2.75, 3.05) is 27.2 Å². The first-order chi connectivity index (χ1) is 9.52. The summed E-state index contributed by atoms with van der Waals surface area (Å²) in [7, 11) is 4.24. The minimum absolute atomic E-state index is 0.226. The van der Waals surface area contributed by atoms with Crippen molar-refractivity contribution in [3.63, 3.8) is 0 Å². The second kappa shape index (κ2) is 8.98. The van der Waals surface area contributed by atoms with Crippen LogP contribution >= 0.6 is 0 Å². The molecule has 0 aliphatic rings. The predicted molar refractivity (Wildman–Crippen MR) is 86.4 cm³/mol. The van der Waals surface area contributed by atoms with Crippen LogP contribution < -0.4 is 10.1 Å². The Kier molecular flexibility index (Phi) is 7.63. The number of ether oxygens (including phenoxy) is 1. The maximum absolute atomic E-state index is 5.70. The number of hydrogen-bond donors (Lipinski definition) is 1. The first-order valence-corrected chi connectivity index (χ1v) is 7.67. The molecule has 0 aromatic heterocycles. The molecule has 0 radical (unpaired) electrons. The Labute approximate surface area is 124 Å². The van der Waals surface area contributed by atoms with Crippen LogP contribution in [0.15, 0.2) is 24.3 Å². The highest BCUT2D eigenvalue weighted by Gasteiger charge is 2.11. The van der Waals surface area contributed by atoms with Gasteiger partial charge in [-0.2, -0.15) is 0 Å². The fourth-order valence-electron chi connectivity index (χ4n) is 2.14. The van der Waals surface area contributed by atoms with E-state index in [1.54, 1.807) is 0 Å². The molecular weight excluding hydrogens is 248 g/mol. The Bertz CT molecular complexity index is 360. The molecule has 0 amide bonds. The van der Waals surface area contributed by atoms with Crippen LogP contribution in [0.25, 0.3) is 0 Å². The maximum atomic E-state index is 5.70. The SMILES string of the molecule is CCCNC(CCN(C)C)c1ccc(OC(C)C)cc1. The van der Waals surface area contributed by atoms with Crippen LogP contribution in [-0.2, 0) is 0 Å². The Morgan fingerprint density at radius 3 is 2.30 bits per heavy atom. The van der Waals surface area contributed by atoms with E-state index < -0.39 is 0 Å². The third-order valence-corrected chi connectivity index (χ3v) is 3.16. The third kappa shape index (κ3) is 6.40. The number of hydrogen-bond acceptors (Lipinski definition) is 3. The number of nitrogens with one attached hydrogen (secondary N) is 1. The van der Waals surface area contributed by atoms with Crippen LogP contribution in [0.4, 0.5) is 0 Å². The summed E-state index contributed by atoms with van der Waals surface area (Å²) in [6.07, 6.45) is 2.51. The fourth-order valence-corrected chi connectivity index (χ4v) is 2.14. The second-order valence-electron chi connectivity index (χ2n) is 5.83. The van der Waals surface area contributed by atoms with Gasteiger partial charge >= 0.3 is 0 Å². The summed E-state index contributed by atoms with van der Waals surface area (Å²) < 4.78 is 5.70. The quantitative estimate of drug-likeness (QED) is 0.748. The van der Waals surface area contributed by atoms with Gasteiger partial charge in [-0.25, -0.2) is 0 Å². The normalized spacial score (nSPS) is 12.9. The van der Waals surface area contributed by atoms with Crippen LogP contribution in [0.2, 0.25) is 0 Å². The van der Waals surface area contributed by atoms with E-state index in [4.69, 9.17) is 4.74 Å². The average Bonchev–Trinajstić information content (AvgIpc) is 2.39. The van der Waals surface area contributed by atoms with E-state index >= 15 is 0 Å². The molecule has 0 aliphatic carbocycles. The molecule has 1 aromatic rings. The zero-order chi connectivity index (χ0) is 15.0. The Morgan fingerprint density at radius 2 is 1.80 bits per heavy atom. The van der Waals surface area contributed by atoms with Crippen molar-refractivity contribution in [3.8, 4) is 5.75 Å². The van der Waals surface area contributed by atoms with Crippen molar-refractivity contribution < 1.29 is 4.74 Å². The molecule has 1 unspecified atom stereocenters. The molecule has 0 fully saturated rings. The van der Waals surface area contributed by atoms with Crippen molar-refractivity contribution in [3.05, 3.63) is 29.8 Å². The molecule has 0 aliphatic heterocycles. The second-order valence-corrected chi connectivity index (χ2v) is 5.83. The van der Waals surface area contributed by atoms with E-state index in [1.807, 2.05) is 0 Å². The zero-order valence-electron chi connectivity index (χ0n) is 13.6. The molecule has 0 spiro atoms. The summed E-state index contributed by atoms with van der Waals surface area (Å²) in [5.74, 6) is 0.950. The van der Waals surface area contributed by atoms with Gasteiger partial charge in [0.05, 0.1) is 6.10 Å². The van der Waals surface area contributed by atoms with E-state index in [1.165, 1.54) is 5.56 Å². The van der Waals surface area contributed by atoms with E-state index in [-0.39, 0.29) is 6.10 Å². The minimum Gasteiger partial charge on any atom is -0.491 e. The number of nitrogens with zero attached hydrogens (tertiary/aromatic N) is 1. The topological polar surface area (TPSA) is 24.5 Å². The summed E-state index contributed by atoms with van der Waals surface area (Å²) in [5, 5.41) is 3.63. The first kappa shape index (κ1) is 17.0. The molecule has 0 bridgehead atoms. The van der Waals surface area contributed by atoms with Crippen LogP contribution in [0.3, 0.4) is 0 Å². The highest BCUT2D eigenvalue weighted by Crippen LogP contribution is 2.21. The molecule has 3 nitrogen and oxygen atoms in total. The van der Waals surface area contributed by atoms with Gasteiger partial charge in [-0.3, -0.25) is 0 Å². The summed E-state index contributed by atoms with van der Waals surface area (Å²) in [4.78, 5) is 2.23. The lowest BCUT2D eigenvalue weighted by Crippen LogP contribution is -2.26. The lowest BCUT2D eigenvalue weighted by atomic mass is 10.0. The van der Waals surface area contributed by atoms with Crippen molar-refractivity contribution >= 4 is 0 Å². The molecule has 1 rings (SSSR count). The molecule has 3 heteroatoms. The lowest BCUT2D eigenvalue weighted by molar-refractivity contribution is 0.242. The van der Waals surface area contributed by atoms with Gasteiger partial charge in [-0.05, 0) is 71.6 Å². The molecular formula is C17H30N2O. The molecule has 20 heavy (non-hydrogen) atoms. The van der Waals surface area contributed by atoms with Gasteiger partial charge in [0.1, 0.15) is 5.75 Å². The van der Waals surface area contributed by atoms with E-state index in [9.17, 15) is 0 Å². The van der Waals surface area contributed by atoms with Crippen LogP contribution in [-0.4, -0.2) is 38.2 Å². The monoisotopic (exact) mass is 278 g/mol. The summed E-state index contributed by atoms with van der Waals surface area (Å²) in [5.41, 5.74) is 1.34. The molecule has 1 atom stereocenters. The summed E-state index contributed by atoms with van der Waals surface area (Å²) in [6.45, 7) is 8.46. The predicted octanol–water partition coefficient (Wildman–Crippen LogP) is 3.47. The number of rotatable bonds is 9. The molecule has 1 N–H and O–H groups in total. The largest absolute Gasteiger partial charge is 0.491 e. The third-order valence-electron chi connectivity index (χ3n) is 3.16. The van der Waals surface area contributed by atoms with Crippen LogP contribution in [0.5, 0.6) is 5.75 Å². The van der Waals surface area contributed by atoms with Gasteiger partial charge in [0, 0.05) is 6.04 Å². The van der Waals surface area contributed by atoms with E-state index in [0.29, 0.717) is 6.04 Å². The molecule has 1 aromatic carbocycles. The lowest BCUT2D eigenvalue weighted by Gasteiger charge is -2.21. The van der Waals surface area contributed by atoms with Gasteiger partial charge in [-0.15, -0.1) is 0 Å². The Balaban J connectivity index is 2.68. The smallest absolute Gasteiger partial charge is 0.119 e. The van der Waals surface area contributed by atoms with Crippen LogP contribution in [0.1, 0.15) is 45.2 Å². The van der Waals surface area contributed by atoms with Crippen molar-refractivity contribution in [2.45, 2.75) is 45.8 Å². The van der Waals surface area contributed by atoms with Crippen molar-refractivity contribution in [1.29, 1.82) is 0 Å². The molecule has 0 saturated heterocycles. The van der Waals surface area contributed by atoms with Crippen LogP contribution in [0, 0.1) is 0 Å². The van der Waals surface area contributed by atoms with Gasteiger partial charge < -0.3 is 15.0 Å². The Morgan fingerprint density at radius 1 is 1.15 bits per heavy atom. The van der Waals surface area contributed by atoms with Crippen molar-refractivity contribution in [2.24, 2.45) is 0 Å². The van der Waals surface area contributed by atoms with Gasteiger partial charge in [0.15, 0.2) is 0 Å². The zero-order valence-corrected chi connectivity index (χ0v) is 13.6.